The van der Waals surface area contributed by atoms with Gasteiger partial charge in [-0.1, -0.05) is 36.4 Å². The number of esters is 1. The van der Waals surface area contributed by atoms with E-state index in [1.165, 1.54) is 13.2 Å². The molecule has 0 aliphatic carbocycles. The highest BCUT2D eigenvalue weighted by Crippen LogP contribution is 2.25. The maximum atomic E-state index is 11.3. The van der Waals surface area contributed by atoms with Crippen LogP contribution in [0.4, 0.5) is 0 Å². The summed E-state index contributed by atoms with van der Waals surface area (Å²) < 4.78 is 4.64. The first-order valence-electron chi connectivity index (χ1n) is 6.63. The highest BCUT2D eigenvalue weighted by Gasteiger charge is 2.05. The Hall–Kier alpha value is -2.13. The number of aliphatic hydroxyl groups is 1. The number of aryl methyl sites for hydroxylation is 1. The summed E-state index contributed by atoms with van der Waals surface area (Å²) in [6.07, 6.45) is 4.71. The molecule has 0 radical (unpaired) electrons. The van der Waals surface area contributed by atoms with Gasteiger partial charge in [0.05, 0.1) is 7.11 Å². The van der Waals surface area contributed by atoms with Crippen LogP contribution in [0.3, 0.4) is 0 Å². The monoisotopic (exact) mass is 270 g/mol. The van der Waals surface area contributed by atoms with Crippen molar-refractivity contribution in [2.75, 3.05) is 13.7 Å². The van der Waals surface area contributed by atoms with E-state index >= 15 is 0 Å². The molecule has 0 saturated heterocycles. The van der Waals surface area contributed by atoms with Crippen LogP contribution in [0.25, 0.3) is 16.8 Å². The van der Waals surface area contributed by atoms with Crippen LogP contribution in [-0.2, 0) is 16.0 Å². The molecule has 0 bridgehead atoms. The Morgan fingerprint density at radius 1 is 1.25 bits per heavy atom. The molecule has 0 amide bonds. The zero-order chi connectivity index (χ0) is 14.4. The van der Waals surface area contributed by atoms with Gasteiger partial charge in [-0.15, -0.1) is 0 Å². The second kappa shape index (κ2) is 6.87. The first kappa shape index (κ1) is 14.3. The largest absolute Gasteiger partial charge is 0.466 e. The fourth-order valence-electron chi connectivity index (χ4n) is 2.24. The molecular weight excluding hydrogens is 252 g/mol. The summed E-state index contributed by atoms with van der Waals surface area (Å²) in [5.41, 5.74) is 2.14. The van der Waals surface area contributed by atoms with E-state index in [4.69, 9.17) is 5.11 Å². The van der Waals surface area contributed by atoms with E-state index in [2.05, 4.69) is 16.9 Å². The van der Waals surface area contributed by atoms with Gasteiger partial charge in [0.1, 0.15) is 0 Å². The first-order valence-corrected chi connectivity index (χ1v) is 6.63. The number of carbonyl (C=O) groups excluding carboxylic acids is 1. The lowest BCUT2D eigenvalue weighted by Crippen LogP contribution is -1.96. The lowest BCUT2D eigenvalue weighted by atomic mass is 9.96. The van der Waals surface area contributed by atoms with Crippen LogP contribution >= 0.6 is 0 Å². The zero-order valence-electron chi connectivity index (χ0n) is 11.5. The van der Waals surface area contributed by atoms with Gasteiger partial charge >= 0.3 is 5.97 Å². The molecule has 0 atom stereocenters. The van der Waals surface area contributed by atoms with E-state index in [0.29, 0.717) is 6.42 Å². The second-order valence-electron chi connectivity index (χ2n) is 4.54. The number of benzene rings is 2. The predicted molar refractivity (Wildman–Crippen MR) is 80.4 cm³/mol. The third-order valence-electron chi connectivity index (χ3n) is 3.25. The topological polar surface area (TPSA) is 46.5 Å². The van der Waals surface area contributed by atoms with Gasteiger partial charge in [0, 0.05) is 12.7 Å². The van der Waals surface area contributed by atoms with E-state index in [9.17, 15) is 4.79 Å². The van der Waals surface area contributed by atoms with Gasteiger partial charge in [-0.05, 0) is 40.8 Å². The molecule has 3 heteroatoms. The van der Waals surface area contributed by atoms with Crippen molar-refractivity contribution in [3.8, 4) is 0 Å². The van der Waals surface area contributed by atoms with Crippen LogP contribution < -0.4 is 0 Å². The molecule has 0 spiro atoms. The average molecular weight is 270 g/mol. The maximum Gasteiger partial charge on any atom is 0.330 e. The number of hydrogen-bond donors (Lipinski definition) is 1. The zero-order valence-corrected chi connectivity index (χ0v) is 11.5. The Bertz CT molecular complexity index is 629. The lowest BCUT2D eigenvalue weighted by molar-refractivity contribution is -0.134. The summed E-state index contributed by atoms with van der Waals surface area (Å²) in [7, 11) is 1.36. The van der Waals surface area contributed by atoms with Gasteiger partial charge in [0.15, 0.2) is 0 Å². The Morgan fingerprint density at radius 3 is 2.80 bits per heavy atom. The number of rotatable bonds is 5. The van der Waals surface area contributed by atoms with Crippen molar-refractivity contribution in [3.05, 3.63) is 53.6 Å². The second-order valence-corrected chi connectivity index (χ2v) is 4.54. The fraction of sp³-hybridized carbons (Fsp3) is 0.235. The summed E-state index contributed by atoms with van der Waals surface area (Å²) in [6, 6.07) is 12.2. The Morgan fingerprint density at radius 2 is 2.05 bits per heavy atom. The number of ether oxygens (including phenoxy) is 1. The third kappa shape index (κ3) is 3.25. The Balaban J connectivity index is 2.49. The van der Waals surface area contributed by atoms with Gasteiger partial charge in [0.2, 0.25) is 0 Å². The van der Waals surface area contributed by atoms with Crippen LogP contribution in [0, 0.1) is 0 Å². The minimum atomic E-state index is -0.369. The molecule has 20 heavy (non-hydrogen) atoms. The minimum Gasteiger partial charge on any atom is -0.466 e. The lowest BCUT2D eigenvalue weighted by Gasteiger charge is -2.09. The molecular formula is C17H18O3. The molecule has 0 heterocycles. The van der Waals surface area contributed by atoms with Gasteiger partial charge < -0.3 is 9.84 Å². The van der Waals surface area contributed by atoms with Gasteiger partial charge in [-0.3, -0.25) is 0 Å². The van der Waals surface area contributed by atoms with Crippen LogP contribution in [0.5, 0.6) is 0 Å². The van der Waals surface area contributed by atoms with Crippen molar-refractivity contribution in [2.24, 2.45) is 0 Å². The Labute approximate surface area is 118 Å². The summed E-state index contributed by atoms with van der Waals surface area (Å²) >= 11 is 0. The van der Waals surface area contributed by atoms with Crippen molar-refractivity contribution >= 4 is 22.8 Å². The number of aliphatic hydroxyl groups excluding tert-OH is 1. The van der Waals surface area contributed by atoms with Crippen molar-refractivity contribution < 1.29 is 14.6 Å². The Kier molecular flexibility index (Phi) is 4.91. The van der Waals surface area contributed by atoms with Gasteiger partial charge in [0.25, 0.3) is 0 Å². The first-order chi connectivity index (χ1) is 9.76. The molecule has 0 aliphatic rings. The predicted octanol–water partition coefficient (Wildman–Crippen LogP) is 2.95. The standard InChI is InChI=1S/C17H18O3/c1-20-17(19)11-10-16-14(6-4-12-18)9-8-13-5-2-3-7-15(13)16/h2-3,5,7-11,18H,4,6,12H2,1H3/b11-10+. The average Bonchev–Trinajstić information content (AvgIpc) is 2.50. The summed E-state index contributed by atoms with van der Waals surface area (Å²) in [6.45, 7) is 0.160. The normalized spacial score (nSPS) is 11.1. The van der Waals surface area contributed by atoms with Gasteiger partial charge in [-0.25, -0.2) is 4.79 Å². The molecule has 0 unspecified atom stereocenters. The van der Waals surface area contributed by atoms with E-state index in [-0.39, 0.29) is 12.6 Å². The number of carbonyl (C=O) groups is 1. The molecule has 3 nitrogen and oxygen atoms in total. The molecule has 0 fully saturated rings. The third-order valence-corrected chi connectivity index (χ3v) is 3.25. The molecule has 2 rings (SSSR count). The summed E-state index contributed by atoms with van der Waals surface area (Å²) in [5, 5.41) is 11.2. The molecule has 2 aromatic carbocycles. The van der Waals surface area contributed by atoms with Crippen molar-refractivity contribution in [1.29, 1.82) is 0 Å². The molecule has 0 saturated carbocycles. The number of methoxy groups -OCH3 is 1. The van der Waals surface area contributed by atoms with E-state index in [0.717, 1.165) is 28.3 Å². The van der Waals surface area contributed by atoms with Crippen molar-refractivity contribution in [1.82, 2.24) is 0 Å². The van der Waals surface area contributed by atoms with Gasteiger partial charge in [-0.2, -0.15) is 0 Å². The van der Waals surface area contributed by atoms with E-state index in [1.807, 2.05) is 24.3 Å². The molecule has 1 N–H and O–H groups in total. The molecule has 104 valence electrons. The van der Waals surface area contributed by atoms with Crippen molar-refractivity contribution in [3.63, 3.8) is 0 Å². The van der Waals surface area contributed by atoms with Crippen molar-refractivity contribution in [2.45, 2.75) is 12.8 Å². The highest BCUT2D eigenvalue weighted by atomic mass is 16.5. The summed E-state index contributed by atoms with van der Waals surface area (Å²) in [5.74, 6) is -0.369. The van der Waals surface area contributed by atoms with Crippen LogP contribution in [0.1, 0.15) is 17.5 Å². The fourth-order valence-corrected chi connectivity index (χ4v) is 2.24. The molecule has 0 aliphatic heterocycles. The molecule has 0 aromatic heterocycles. The van der Waals surface area contributed by atoms with E-state index in [1.54, 1.807) is 6.08 Å². The number of fused-ring (bicyclic) bond motifs is 1. The smallest absolute Gasteiger partial charge is 0.330 e. The molecule has 2 aromatic rings. The minimum absolute atomic E-state index is 0.160. The van der Waals surface area contributed by atoms with Crippen LogP contribution in [0.2, 0.25) is 0 Å². The van der Waals surface area contributed by atoms with Crippen LogP contribution in [0.15, 0.2) is 42.5 Å². The maximum absolute atomic E-state index is 11.3. The van der Waals surface area contributed by atoms with Crippen LogP contribution in [-0.4, -0.2) is 24.8 Å². The highest BCUT2D eigenvalue weighted by molar-refractivity contribution is 5.95. The number of hydrogen-bond acceptors (Lipinski definition) is 3. The SMILES string of the molecule is COC(=O)/C=C/c1c(CCCO)ccc2ccccc12. The summed E-state index contributed by atoms with van der Waals surface area (Å²) in [4.78, 5) is 11.3. The van der Waals surface area contributed by atoms with E-state index < -0.39 is 0 Å². The quantitative estimate of drug-likeness (QED) is 0.671.